The molecule has 6 nitrogen and oxygen atoms in total. The Morgan fingerprint density at radius 1 is 1.20 bits per heavy atom. The smallest absolute Gasteiger partial charge is 0.240 e. The monoisotopic (exact) mass is 367 g/mol. The van der Waals surface area contributed by atoms with E-state index in [1.807, 2.05) is 0 Å². The summed E-state index contributed by atoms with van der Waals surface area (Å²) in [6.07, 6.45) is 4.90. The zero-order chi connectivity index (χ0) is 18.1. The molecule has 7 heteroatoms. The molecule has 0 radical (unpaired) electrons. The Balaban J connectivity index is 1.59. The van der Waals surface area contributed by atoms with Crippen LogP contribution in [0, 0.1) is 0 Å². The summed E-state index contributed by atoms with van der Waals surface area (Å²) in [5.74, 6) is -0.123. The summed E-state index contributed by atoms with van der Waals surface area (Å²) in [6, 6.07) is 8.80. The van der Waals surface area contributed by atoms with Gasteiger partial charge in [0.15, 0.2) is 0 Å². The standard InChI is InChI=1S/C18H29N3O3S/c1-16-8-5-6-14-21(16)15-7-12-19-18(22)11-13-20-25(23,24)17-9-3-2-4-10-17/h2-4,9-10,16,20H,5-8,11-15H2,1H3,(H,19,22). The van der Waals surface area contributed by atoms with Gasteiger partial charge in [0.05, 0.1) is 4.90 Å². The lowest BCUT2D eigenvalue weighted by Crippen LogP contribution is -2.39. The molecular weight excluding hydrogens is 338 g/mol. The van der Waals surface area contributed by atoms with Gasteiger partial charge in [0, 0.05) is 32.1 Å². The van der Waals surface area contributed by atoms with Crippen LogP contribution < -0.4 is 10.0 Å². The van der Waals surface area contributed by atoms with Crippen LogP contribution >= 0.6 is 0 Å². The second-order valence-corrected chi connectivity index (χ2v) is 8.31. The molecule has 1 aromatic rings. The van der Waals surface area contributed by atoms with E-state index in [4.69, 9.17) is 0 Å². The normalized spacial score (nSPS) is 18.8. The van der Waals surface area contributed by atoms with Gasteiger partial charge in [0.25, 0.3) is 0 Å². The zero-order valence-corrected chi connectivity index (χ0v) is 15.7. The first kappa shape index (κ1) is 19.9. The average molecular weight is 368 g/mol. The van der Waals surface area contributed by atoms with Crippen LogP contribution in [-0.4, -0.2) is 51.4 Å². The van der Waals surface area contributed by atoms with Crippen LogP contribution in [0.4, 0.5) is 0 Å². The number of nitrogens with zero attached hydrogens (tertiary/aromatic N) is 1. The molecule has 1 saturated heterocycles. The van der Waals surface area contributed by atoms with E-state index in [9.17, 15) is 13.2 Å². The van der Waals surface area contributed by atoms with Gasteiger partial charge in [-0.15, -0.1) is 0 Å². The van der Waals surface area contributed by atoms with Crippen molar-refractivity contribution >= 4 is 15.9 Å². The van der Waals surface area contributed by atoms with Crippen molar-refractivity contribution in [2.75, 3.05) is 26.2 Å². The van der Waals surface area contributed by atoms with Gasteiger partial charge in [0.2, 0.25) is 15.9 Å². The molecule has 1 aliphatic heterocycles. The van der Waals surface area contributed by atoms with Crippen LogP contribution in [0.3, 0.4) is 0 Å². The maximum atomic E-state index is 12.0. The first-order valence-electron chi connectivity index (χ1n) is 9.04. The topological polar surface area (TPSA) is 78.5 Å². The highest BCUT2D eigenvalue weighted by molar-refractivity contribution is 7.89. The van der Waals surface area contributed by atoms with Crippen LogP contribution in [0.5, 0.6) is 0 Å². The molecule has 2 N–H and O–H groups in total. The fourth-order valence-electron chi connectivity index (χ4n) is 3.07. The lowest BCUT2D eigenvalue weighted by Gasteiger charge is -2.33. The predicted molar refractivity (Wildman–Crippen MR) is 98.8 cm³/mol. The number of piperidine rings is 1. The van der Waals surface area contributed by atoms with Gasteiger partial charge in [0.1, 0.15) is 0 Å². The van der Waals surface area contributed by atoms with Gasteiger partial charge < -0.3 is 10.2 Å². The molecule has 1 aliphatic rings. The minimum Gasteiger partial charge on any atom is -0.356 e. The second-order valence-electron chi connectivity index (χ2n) is 6.55. The zero-order valence-electron chi connectivity index (χ0n) is 14.9. The van der Waals surface area contributed by atoms with Crippen LogP contribution in [0.2, 0.25) is 0 Å². The molecule has 1 fully saturated rings. The second kappa shape index (κ2) is 9.89. The number of carbonyl (C=O) groups is 1. The van der Waals surface area contributed by atoms with Crippen LogP contribution in [0.15, 0.2) is 35.2 Å². The molecule has 1 aromatic carbocycles. The lowest BCUT2D eigenvalue weighted by molar-refractivity contribution is -0.120. The minimum atomic E-state index is -3.54. The van der Waals surface area contributed by atoms with Crippen molar-refractivity contribution in [2.45, 2.75) is 50.0 Å². The van der Waals surface area contributed by atoms with Gasteiger partial charge >= 0.3 is 0 Å². The molecule has 140 valence electrons. The molecule has 2 rings (SSSR count). The Bertz CT molecular complexity index is 634. The number of hydrogen-bond acceptors (Lipinski definition) is 4. The highest BCUT2D eigenvalue weighted by atomic mass is 32.2. The van der Waals surface area contributed by atoms with E-state index in [-0.39, 0.29) is 23.8 Å². The van der Waals surface area contributed by atoms with Crippen molar-refractivity contribution in [1.29, 1.82) is 0 Å². The fraction of sp³-hybridized carbons (Fsp3) is 0.611. The van der Waals surface area contributed by atoms with E-state index in [1.165, 1.54) is 31.4 Å². The molecule has 25 heavy (non-hydrogen) atoms. The number of sulfonamides is 1. The molecule has 0 aromatic heterocycles. The van der Waals surface area contributed by atoms with Crippen molar-refractivity contribution in [1.82, 2.24) is 14.9 Å². The van der Waals surface area contributed by atoms with E-state index < -0.39 is 10.0 Å². The molecule has 0 saturated carbocycles. The van der Waals surface area contributed by atoms with E-state index in [2.05, 4.69) is 21.9 Å². The Hall–Kier alpha value is -1.44. The molecule has 1 amide bonds. The summed E-state index contributed by atoms with van der Waals surface area (Å²) in [7, 11) is -3.54. The molecule has 0 spiro atoms. The maximum Gasteiger partial charge on any atom is 0.240 e. The average Bonchev–Trinajstić information content (AvgIpc) is 2.61. The number of likely N-dealkylation sites (tertiary alicyclic amines) is 1. The van der Waals surface area contributed by atoms with E-state index in [0.717, 1.165) is 19.5 Å². The van der Waals surface area contributed by atoms with E-state index in [0.29, 0.717) is 12.6 Å². The molecule has 1 atom stereocenters. The lowest BCUT2D eigenvalue weighted by atomic mass is 10.0. The molecule has 0 bridgehead atoms. The highest BCUT2D eigenvalue weighted by Crippen LogP contribution is 2.16. The molecule has 1 heterocycles. The largest absolute Gasteiger partial charge is 0.356 e. The van der Waals surface area contributed by atoms with Gasteiger partial charge in [-0.05, 0) is 44.9 Å². The number of hydrogen-bond donors (Lipinski definition) is 2. The molecular formula is C18H29N3O3S. The maximum absolute atomic E-state index is 12.0. The first-order valence-corrected chi connectivity index (χ1v) is 10.5. The van der Waals surface area contributed by atoms with Crippen molar-refractivity contribution < 1.29 is 13.2 Å². The highest BCUT2D eigenvalue weighted by Gasteiger charge is 2.17. The van der Waals surface area contributed by atoms with Gasteiger partial charge in [-0.1, -0.05) is 24.6 Å². The van der Waals surface area contributed by atoms with Crippen molar-refractivity contribution in [3.63, 3.8) is 0 Å². The third-order valence-corrected chi connectivity index (χ3v) is 6.06. The van der Waals surface area contributed by atoms with E-state index >= 15 is 0 Å². The fourth-order valence-corrected chi connectivity index (χ4v) is 4.12. The quantitative estimate of drug-likeness (QED) is 0.652. The van der Waals surface area contributed by atoms with Crippen molar-refractivity contribution in [3.05, 3.63) is 30.3 Å². The number of carbonyl (C=O) groups excluding carboxylic acids is 1. The minimum absolute atomic E-state index is 0.103. The van der Waals surface area contributed by atoms with E-state index in [1.54, 1.807) is 18.2 Å². The predicted octanol–water partition coefficient (Wildman–Crippen LogP) is 1.74. The van der Waals surface area contributed by atoms with Gasteiger partial charge in [-0.25, -0.2) is 13.1 Å². The Morgan fingerprint density at radius 3 is 2.68 bits per heavy atom. The summed E-state index contributed by atoms with van der Waals surface area (Å²) in [5, 5.41) is 2.86. The Kier molecular flexibility index (Phi) is 7.87. The summed E-state index contributed by atoms with van der Waals surface area (Å²) in [6.45, 7) is 5.15. The van der Waals surface area contributed by atoms with Gasteiger partial charge in [-0.3, -0.25) is 4.79 Å². The summed E-state index contributed by atoms with van der Waals surface area (Å²) >= 11 is 0. The van der Waals surface area contributed by atoms with Crippen LogP contribution in [0.25, 0.3) is 0 Å². The van der Waals surface area contributed by atoms with Crippen molar-refractivity contribution in [3.8, 4) is 0 Å². The number of benzene rings is 1. The third kappa shape index (κ3) is 6.76. The Morgan fingerprint density at radius 2 is 1.96 bits per heavy atom. The first-order chi connectivity index (χ1) is 12.0. The summed E-state index contributed by atoms with van der Waals surface area (Å²) < 4.78 is 26.5. The molecule has 0 aliphatic carbocycles. The summed E-state index contributed by atoms with van der Waals surface area (Å²) in [5.41, 5.74) is 0. The Labute approximate surface area is 151 Å². The third-order valence-electron chi connectivity index (χ3n) is 4.58. The van der Waals surface area contributed by atoms with Crippen molar-refractivity contribution in [2.24, 2.45) is 0 Å². The number of nitrogens with one attached hydrogen (secondary N) is 2. The number of rotatable bonds is 9. The molecule has 1 unspecified atom stereocenters. The van der Waals surface area contributed by atoms with Gasteiger partial charge in [-0.2, -0.15) is 0 Å². The number of amides is 1. The van der Waals surface area contributed by atoms with Crippen LogP contribution in [-0.2, 0) is 14.8 Å². The SMILES string of the molecule is CC1CCCCN1CCCNC(=O)CCNS(=O)(=O)c1ccccc1. The van der Waals surface area contributed by atoms with Crippen LogP contribution in [0.1, 0.15) is 39.0 Å². The summed E-state index contributed by atoms with van der Waals surface area (Å²) in [4.78, 5) is 14.5.